The van der Waals surface area contributed by atoms with E-state index in [2.05, 4.69) is 12.1 Å². The quantitative estimate of drug-likeness (QED) is 0.531. The Morgan fingerprint density at radius 3 is 2.71 bits per heavy atom. The van der Waals surface area contributed by atoms with E-state index in [1.54, 1.807) is 11.8 Å². The highest BCUT2D eigenvalue weighted by Gasteiger charge is 1.92. The van der Waals surface area contributed by atoms with Crippen molar-refractivity contribution in [1.82, 2.24) is 0 Å². The van der Waals surface area contributed by atoms with E-state index in [-0.39, 0.29) is 0 Å². The van der Waals surface area contributed by atoms with Gasteiger partial charge in [-0.3, -0.25) is 0 Å². The Morgan fingerprint density at radius 1 is 1.21 bits per heavy atom. The molecule has 0 aliphatic rings. The number of thioether (sulfide) groups is 1. The number of hydrogen-bond acceptors (Lipinski definition) is 3. The summed E-state index contributed by atoms with van der Waals surface area (Å²) in [5.41, 5.74) is 0. The third-order valence-corrected chi connectivity index (χ3v) is 2.57. The largest absolute Gasteiger partial charge is 0.380 e. The molecule has 0 heterocycles. The summed E-state index contributed by atoms with van der Waals surface area (Å²) in [5.74, 6) is 0.940. The van der Waals surface area contributed by atoms with Crippen LogP contribution in [0.2, 0.25) is 0 Å². The van der Waals surface area contributed by atoms with Crippen molar-refractivity contribution in [2.75, 3.05) is 19.0 Å². The Balaban J connectivity index is 2.03. The van der Waals surface area contributed by atoms with Crippen molar-refractivity contribution < 1.29 is 4.74 Å². The first-order valence-electron chi connectivity index (χ1n) is 4.56. The fraction of sp³-hybridized carbons (Fsp3) is 0.364. The molecule has 0 aliphatic carbocycles. The lowest BCUT2D eigenvalue weighted by Gasteiger charge is -2.01. The van der Waals surface area contributed by atoms with Crippen molar-refractivity contribution in [2.24, 2.45) is 0 Å². The molecule has 3 heteroatoms. The van der Waals surface area contributed by atoms with Gasteiger partial charge in [-0.25, -0.2) is 0 Å². The molecule has 0 N–H and O–H groups in total. The van der Waals surface area contributed by atoms with Crippen LogP contribution in [0, 0.1) is 11.3 Å². The zero-order valence-electron chi connectivity index (χ0n) is 7.98. The minimum Gasteiger partial charge on any atom is -0.380 e. The first-order valence-corrected chi connectivity index (χ1v) is 5.54. The molecule has 0 atom stereocenters. The smallest absolute Gasteiger partial charge is 0.0645 e. The van der Waals surface area contributed by atoms with Crippen LogP contribution in [0.5, 0.6) is 0 Å². The van der Waals surface area contributed by atoms with Crippen molar-refractivity contribution in [3.63, 3.8) is 0 Å². The standard InChI is InChI=1S/C11H13NOS/c12-7-4-8-13-9-10-14-11-5-2-1-3-6-11/h1-3,5-6H,4,8-10H2. The lowest BCUT2D eigenvalue weighted by atomic mass is 10.4. The van der Waals surface area contributed by atoms with Gasteiger partial charge in [-0.15, -0.1) is 11.8 Å². The number of benzene rings is 1. The fourth-order valence-corrected chi connectivity index (χ4v) is 1.74. The first kappa shape index (κ1) is 11.1. The second kappa shape index (κ2) is 7.43. The summed E-state index contributed by atoms with van der Waals surface area (Å²) in [6, 6.07) is 12.3. The van der Waals surface area contributed by atoms with Gasteiger partial charge in [-0.05, 0) is 12.1 Å². The minimum atomic E-state index is 0.482. The van der Waals surface area contributed by atoms with E-state index in [0.717, 1.165) is 5.75 Å². The summed E-state index contributed by atoms with van der Waals surface area (Å²) >= 11 is 1.77. The maximum Gasteiger partial charge on any atom is 0.0645 e. The molecule has 0 saturated heterocycles. The van der Waals surface area contributed by atoms with Gasteiger partial charge in [0.05, 0.1) is 25.7 Å². The van der Waals surface area contributed by atoms with Gasteiger partial charge in [-0.2, -0.15) is 5.26 Å². The molecule has 2 nitrogen and oxygen atoms in total. The van der Waals surface area contributed by atoms with Crippen molar-refractivity contribution in [3.05, 3.63) is 30.3 Å². The van der Waals surface area contributed by atoms with E-state index in [0.29, 0.717) is 19.6 Å². The average Bonchev–Trinajstić information content (AvgIpc) is 2.25. The molecule has 1 aromatic carbocycles. The maximum absolute atomic E-state index is 8.27. The zero-order valence-corrected chi connectivity index (χ0v) is 8.80. The monoisotopic (exact) mass is 207 g/mol. The summed E-state index contributed by atoms with van der Waals surface area (Å²) in [5, 5.41) is 8.27. The van der Waals surface area contributed by atoms with Crippen LogP contribution in [0.15, 0.2) is 35.2 Å². The van der Waals surface area contributed by atoms with E-state index in [1.165, 1.54) is 4.90 Å². The van der Waals surface area contributed by atoms with Gasteiger partial charge in [-0.1, -0.05) is 18.2 Å². The lowest BCUT2D eigenvalue weighted by molar-refractivity contribution is 0.156. The second-order valence-electron chi connectivity index (χ2n) is 2.68. The van der Waals surface area contributed by atoms with Crippen LogP contribution in [-0.2, 0) is 4.74 Å². The summed E-state index contributed by atoms with van der Waals surface area (Å²) in [4.78, 5) is 1.26. The zero-order chi connectivity index (χ0) is 10.1. The molecule has 74 valence electrons. The van der Waals surface area contributed by atoms with Gasteiger partial charge in [0.2, 0.25) is 0 Å². The van der Waals surface area contributed by atoms with Gasteiger partial charge in [0.25, 0.3) is 0 Å². The molecule has 0 amide bonds. The van der Waals surface area contributed by atoms with Crippen LogP contribution in [0.3, 0.4) is 0 Å². The number of nitriles is 1. The average molecular weight is 207 g/mol. The van der Waals surface area contributed by atoms with E-state index in [1.807, 2.05) is 24.3 Å². The van der Waals surface area contributed by atoms with Gasteiger partial charge in [0, 0.05) is 10.6 Å². The van der Waals surface area contributed by atoms with Crippen LogP contribution in [0.25, 0.3) is 0 Å². The number of rotatable bonds is 6. The molecule has 0 spiro atoms. The van der Waals surface area contributed by atoms with Gasteiger partial charge in [0.15, 0.2) is 0 Å². The Kier molecular flexibility index (Phi) is 5.89. The molecule has 0 aliphatic heterocycles. The number of nitrogens with zero attached hydrogens (tertiary/aromatic N) is 1. The topological polar surface area (TPSA) is 33.0 Å². The van der Waals surface area contributed by atoms with Crippen LogP contribution in [0.4, 0.5) is 0 Å². The van der Waals surface area contributed by atoms with Crippen LogP contribution < -0.4 is 0 Å². The summed E-state index contributed by atoms with van der Waals surface area (Å²) in [6.07, 6.45) is 0.482. The summed E-state index contributed by atoms with van der Waals surface area (Å²) < 4.78 is 5.25. The summed E-state index contributed by atoms with van der Waals surface area (Å²) in [6.45, 7) is 1.26. The Hall–Kier alpha value is -0.980. The van der Waals surface area contributed by atoms with E-state index in [9.17, 15) is 0 Å². The Labute approximate surface area is 88.9 Å². The molecular weight excluding hydrogens is 194 g/mol. The maximum atomic E-state index is 8.27. The molecule has 0 bridgehead atoms. The highest BCUT2D eigenvalue weighted by molar-refractivity contribution is 7.99. The van der Waals surface area contributed by atoms with Gasteiger partial charge >= 0.3 is 0 Å². The lowest BCUT2D eigenvalue weighted by Crippen LogP contribution is -1.98. The third kappa shape index (κ3) is 4.90. The summed E-state index contributed by atoms with van der Waals surface area (Å²) in [7, 11) is 0. The number of hydrogen-bond donors (Lipinski definition) is 0. The third-order valence-electron chi connectivity index (χ3n) is 1.60. The predicted octanol–water partition coefficient (Wildman–Crippen LogP) is 2.71. The van der Waals surface area contributed by atoms with Crippen LogP contribution >= 0.6 is 11.8 Å². The molecule has 1 aromatic rings. The molecule has 0 fully saturated rings. The van der Waals surface area contributed by atoms with E-state index >= 15 is 0 Å². The predicted molar refractivity (Wildman–Crippen MR) is 58.2 cm³/mol. The van der Waals surface area contributed by atoms with Gasteiger partial charge in [0.1, 0.15) is 0 Å². The van der Waals surface area contributed by atoms with Crippen molar-refractivity contribution in [2.45, 2.75) is 11.3 Å². The molecule has 0 aromatic heterocycles. The van der Waals surface area contributed by atoms with Crippen molar-refractivity contribution in [1.29, 1.82) is 5.26 Å². The SMILES string of the molecule is N#CCCOCCSc1ccccc1. The molecule has 0 unspecified atom stereocenters. The van der Waals surface area contributed by atoms with E-state index < -0.39 is 0 Å². The normalized spacial score (nSPS) is 9.64. The molecular formula is C11H13NOS. The van der Waals surface area contributed by atoms with Crippen molar-refractivity contribution in [3.8, 4) is 6.07 Å². The van der Waals surface area contributed by atoms with E-state index in [4.69, 9.17) is 10.00 Å². The first-order chi connectivity index (χ1) is 6.93. The minimum absolute atomic E-state index is 0.482. The van der Waals surface area contributed by atoms with Crippen molar-refractivity contribution >= 4 is 11.8 Å². The highest BCUT2D eigenvalue weighted by Crippen LogP contribution is 2.16. The van der Waals surface area contributed by atoms with Gasteiger partial charge < -0.3 is 4.74 Å². The Bertz CT molecular complexity index is 281. The van der Waals surface area contributed by atoms with Crippen LogP contribution in [0.1, 0.15) is 6.42 Å². The Morgan fingerprint density at radius 2 is 2.00 bits per heavy atom. The molecule has 0 saturated carbocycles. The second-order valence-corrected chi connectivity index (χ2v) is 3.85. The molecule has 14 heavy (non-hydrogen) atoms. The number of ether oxygens (including phenoxy) is 1. The molecule has 1 rings (SSSR count). The fourth-order valence-electron chi connectivity index (χ4n) is 0.955. The highest BCUT2D eigenvalue weighted by atomic mass is 32.2. The van der Waals surface area contributed by atoms with Crippen LogP contribution in [-0.4, -0.2) is 19.0 Å². The molecule has 0 radical (unpaired) electrons.